The lowest BCUT2D eigenvalue weighted by Gasteiger charge is -2.14. The van der Waals surface area contributed by atoms with E-state index in [4.69, 9.17) is 9.97 Å². The maximum Gasteiger partial charge on any atom is 0.163 e. The minimum atomic E-state index is 0.623. The van der Waals surface area contributed by atoms with Crippen molar-refractivity contribution in [3.8, 4) is 11.4 Å². The van der Waals surface area contributed by atoms with Crippen LogP contribution in [0.1, 0.15) is 37.8 Å². The van der Waals surface area contributed by atoms with Gasteiger partial charge in [0.2, 0.25) is 0 Å². The van der Waals surface area contributed by atoms with Gasteiger partial charge in [0, 0.05) is 24.4 Å². The first-order valence-electron chi connectivity index (χ1n) is 10.4. The normalized spacial score (nSPS) is 13.6. The van der Waals surface area contributed by atoms with Gasteiger partial charge in [-0.1, -0.05) is 48.0 Å². The van der Waals surface area contributed by atoms with Crippen molar-refractivity contribution in [3.63, 3.8) is 0 Å². The summed E-state index contributed by atoms with van der Waals surface area (Å²) in [7, 11) is 0. The topological polar surface area (TPSA) is 62.7 Å². The Hall–Kier alpha value is -3.21. The first kappa shape index (κ1) is 19.1. The van der Waals surface area contributed by atoms with Gasteiger partial charge in [0.1, 0.15) is 11.6 Å². The van der Waals surface area contributed by atoms with Crippen molar-refractivity contribution in [3.05, 3.63) is 78.1 Å². The molecule has 2 aromatic heterocycles. The third kappa shape index (κ3) is 5.64. The second kappa shape index (κ2) is 9.82. The van der Waals surface area contributed by atoms with E-state index >= 15 is 0 Å². The van der Waals surface area contributed by atoms with Crippen molar-refractivity contribution in [1.29, 1.82) is 0 Å². The number of benzene rings is 1. The van der Waals surface area contributed by atoms with Gasteiger partial charge in [-0.15, -0.1) is 0 Å². The Morgan fingerprint density at radius 3 is 2.45 bits per heavy atom. The number of hydrogen-bond acceptors (Lipinski definition) is 5. The summed E-state index contributed by atoms with van der Waals surface area (Å²) in [5.41, 5.74) is 3.55. The number of anilines is 2. The van der Waals surface area contributed by atoms with E-state index < -0.39 is 0 Å². The largest absolute Gasteiger partial charge is 0.370 e. The molecule has 0 amide bonds. The van der Waals surface area contributed by atoms with Crippen LogP contribution in [0.15, 0.2) is 72.4 Å². The van der Waals surface area contributed by atoms with Crippen LogP contribution in [0.5, 0.6) is 0 Å². The summed E-state index contributed by atoms with van der Waals surface area (Å²) in [6, 6.07) is 18.0. The smallest absolute Gasteiger partial charge is 0.163 e. The van der Waals surface area contributed by atoms with Crippen LogP contribution in [0.3, 0.4) is 0 Å². The number of allylic oxidation sites excluding steroid dienone is 1. The van der Waals surface area contributed by atoms with E-state index in [0.717, 1.165) is 41.7 Å². The van der Waals surface area contributed by atoms with Crippen LogP contribution < -0.4 is 10.6 Å². The van der Waals surface area contributed by atoms with E-state index in [1.165, 1.54) is 25.7 Å². The van der Waals surface area contributed by atoms with Crippen LogP contribution in [0, 0.1) is 0 Å². The Morgan fingerprint density at radius 2 is 1.69 bits per heavy atom. The van der Waals surface area contributed by atoms with Crippen LogP contribution in [-0.2, 0) is 6.54 Å². The lowest BCUT2D eigenvalue weighted by atomic mass is 9.97. The van der Waals surface area contributed by atoms with Crippen LogP contribution in [-0.4, -0.2) is 21.5 Å². The molecule has 0 atom stereocenters. The quantitative estimate of drug-likeness (QED) is 0.505. The predicted octanol–water partition coefficient (Wildman–Crippen LogP) is 5.45. The fourth-order valence-electron chi connectivity index (χ4n) is 3.51. The number of aromatic nitrogens is 3. The highest BCUT2D eigenvalue weighted by molar-refractivity contribution is 5.61. The van der Waals surface area contributed by atoms with E-state index in [2.05, 4.69) is 21.7 Å². The average molecular weight is 386 g/mol. The summed E-state index contributed by atoms with van der Waals surface area (Å²) in [5, 5.41) is 6.88. The van der Waals surface area contributed by atoms with Crippen molar-refractivity contribution >= 4 is 11.6 Å². The van der Waals surface area contributed by atoms with Crippen LogP contribution in [0.25, 0.3) is 11.4 Å². The number of nitrogens with zero attached hydrogens (tertiary/aromatic N) is 3. The molecule has 1 aliphatic rings. The SMILES string of the molecule is C1=C(CCNc2cc(NCc3ccccn3)nc(-c3ccccc3)n2)CCCC1. The fourth-order valence-corrected chi connectivity index (χ4v) is 3.51. The number of nitrogens with one attached hydrogen (secondary N) is 2. The molecule has 0 radical (unpaired) electrons. The molecule has 5 heteroatoms. The summed E-state index contributed by atoms with van der Waals surface area (Å²) in [4.78, 5) is 13.8. The summed E-state index contributed by atoms with van der Waals surface area (Å²) < 4.78 is 0. The van der Waals surface area contributed by atoms with Crippen molar-refractivity contribution in [2.24, 2.45) is 0 Å². The van der Waals surface area contributed by atoms with E-state index in [9.17, 15) is 0 Å². The molecule has 1 aromatic carbocycles. The molecule has 0 aliphatic heterocycles. The summed E-state index contributed by atoms with van der Waals surface area (Å²) in [5.74, 6) is 2.36. The van der Waals surface area contributed by atoms with Crippen LogP contribution >= 0.6 is 0 Å². The van der Waals surface area contributed by atoms with Gasteiger partial charge in [-0.3, -0.25) is 4.98 Å². The zero-order valence-corrected chi connectivity index (χ0v) is 16.6. The molecule has 0 bridgehead atoms. The molecule has 3 aromatic rings. The first-order chi connectivity index (χ1) is 14.4. The highest BCUT2D eigenvalue weighted by Crippen LogP contribution is 2.22. The molecule has 0 spiro atoms. The van der Waals surface area contributed by atoms with Gasteiger partial charge in [-0.2, -0.15) is 0 Å². The lowest BCUT2D eigenvalue weighted by molar-refractivity contribution is 0.679. The summed E-state index contributed by atoms with van der Waals surface area (Å²) >= 11 is 0. The highest BCUT2D eigenvalue weighted by Gasteiger charge is 2.08. The zero-order chi connectivity index (χ0) is 19.7. The van der Waals surface area contributed by atoms with Gasteiger partial charge in [-0.05, 0) is 44.2 Å². The Morgan fingerprint density at radius 1 is 0.862 bits per heavy atom. The first-order valence-corrected chi connectivity index (χ1v) is 10.4. The second-order valence-corrected chi connectivity index (χ2v) is 7.29. The predicted molar refractivity (Wildman–Crippen MR) is 119 cm³/mol. The van der Waals surface area contributed by atoms with Gasteiger partial charge in [0.15, 0.2) is 5.82 Å². The maximum atomic E-state index is 4.74. The van der Waals surface area contributed by atoms with Crippen molar-refractivity contribution in [2.45, 2.75) is 38.6 Å². The van der Waals surface area contributed by atoms with E-state index in [-0.39, 0.29) is 0 Å². The molecule has 2 N–H and O–H groups in total. The third-order valence-electron chi connectivity index (χ3n) is 5.07. The molecule has 0 unspecified atom stereocenters. The van der Waals surface area contributed by atoms with Gasteiger partial charge in [0.25, 0.3) is 0 Å². The van der Waals surface area contributed by atoms with Gasteiger partial charge >= 0.3 is 0 Å². The molecular formula is C24H27N5. The molecule has 148 valence electrons. The molecule has 0 fully saturated rings. The average Bonchev–Trinajstić information content (AvgIpc) is 2.80. The second-order valence-electron chi connectivity index (χ2n) is 7.29. The fraction of sp³-hybridized carbons (Fsp3) is 0.292. The van der Waals surface area contributed by atoms with E-state index in [1.807, 2.05) is 54.6 Å². The summed E-state index contributed by atoms with van der Waals surface area (Å²) in [6.45, 7) is 1.51. The molecule has 1 aliphatic carbocycles. The minimum Gasteiger partial charge on any atom is -0.370 e. The lowest BCUT2D eigenvalue weighted by Crippen LogP contribution is -2.09. The summed E-state index contributed by atoms with van der Waals surface area (Å²) in [6.07, 6.45) is 10.4. The monoisotopic (exact) mass is 385 g/mol. The third-order valence-corrected chi connectivity index (χ3v) is 5.07. The van der Waals surface area contributed by atoms with Crippen molar-refractivity contribution < 1.29 is 0 Å². The number of hydrogen-bond donors (Lipinski definition) is 2. The Kier molecular flexibility index (Phi) is 6.48. The Labute approximate surface area is 172 Å². The van der Waals surface area contributed by atoms with Gasteiger partial charge < -0.3 is 10.6 Å². The van der Waals surface area contributed by atoms with E-state index in [0.29, 0.717) is 6.54 Å². The number of pyridine rings is 1. The van der Waals surface area contributed by atoms with Gasteiger partial charge in [-0.25, -0.2) is 9.97 Å². The number of rotatable bonds is 8. The Bertz CT molecular complexity index is 938. The minimum absolute atomic E-state index is 0.623. The van der Waals surface area contributed by atoms with Crippen molar-refractivity contribution in [1.82, 2.24) is 15.0 Å². The maximum absolute atomic E-state index is 4.74. The van der Waals surface area contributed by atoms with Crippen LogP contribution in [0.4, 0.5) is 11.6 Å². The molecule has 4 rings (SSSR count). The molecular weight excluding hydrogens is 358 g/mol. The standard InChI is InChI=1S/C24H27N5/c1-3-9-19(10-4-1)14-16-26-22-17-23(27-18-21-13-7-8-15-25-21)29-24(28-22)20-11-5-2-6-12-20/h2,5-9,11-13,15,17H,1,3-4,10,14,16,18H2,(H2,26,27,28,29). The Balaban J connectivity index is 1.48. The molecule has 5 nitrogen and oxygen atoms in total. The molecule has 0 saturated heterocycles. The highest BCUT2D eigenvalue weighted by atomic mass is 15.1. The molecule has 0 saturated carbocycles. The molecule has 29 heavy (non-hydrogen) atoms. The van der Waals surface area contributed by atoms with Crippen LogP contribution in [0.2, 0.25) is 0 Å². The van der Waals surface area contributed by atoms with Gasteiger partial charge in [0.05, 0.1) is 12.2 Å². The van der Waals surface area contributed by atoms with Crippen molar-refractivity contribution in [2.75, 3.05) is 17.2 Å². The van der Waals surface area contributed by atoms with E-state index in [1.54, 1.807) is 11.8 Å². The zero-order valence-electron chi connectivity index (χ0n) is 16.6. The molecule has 2 heterocycles.